The van der Waals surface area contributed by atoms with Gasteiger partial charge in [0.05, 0.1) is 12.2 Å². The van der Waals surface area contributed by atoms with Crippen molar-refractivity contribution >= 4 is 0 Å². The molecule has 0 aromatic carbocycles. The Balaban J connectivity index is 2.04. The maximum Gasteiger partial charge on any atom is 0.0802 e. The fourth-order valence-corrected chi connectivity index (χ4v) is 1.51. The molecule has 0 amide bonds. The minimum Gasteiger partial charge on any atom is -0.383 e. The predicted molar refractivity (Wildman–Crippen MR) is 48.3 cm³/mol. The van der Waals surface area contributed by atoms with Gasteiger partial charge in [-0.2, -0.15) is 0 Å². The lowest BCUT2D eigenvalue weighted by Crippen LogP contribution is -2.48. The first-order valence-electron chi connectivity index (χ1n) is 4.58. The van der Waals surface area contributed by atoms with Crippen LogP contribution in [0.3, 0.4) is 0 Å². The lowest BCUT2D eigenvalue weighted by Gasteiger charge is -2.40. The van der Waals surface area contributed by atoms with E-state index >= 15 is 0 Å². The van der Waals surface area contributed by atoms with E-state index in [4.69, 9.17) is 9.47 Å². The van der Waals surface area contributed by atoms with Crippen LogP contribution in [0.4, 0.5) is 0 Å². The lowest BCUT2D eigenvalue weighted by atomic mass is 9.80. The van der Waals surface area contributed by atoms with E-state index in [-0.39, 0.29) is 5.60 Å². The van der Waals surface area contributed by atoms with Gasteiger partial charge in [0.25, 0.3) is 0 Å². The van der Waals surface area contributed by atoms with Crippen LogP contribution in [0, 0.1) is 0 Å². The van der Waals surface area contributed by atoms with Crippen molar-refractivity contribution in [3.63, 3.8) is 0 Å². The van der Waals surface area contributed by atoms with E-state index in [9.17, 15) is 0 Å². The standard InChI is InChI=1S/C9H19NO2/c1-11-7-6-10-8-9(12-2)4-3-5-9/h10H,3-8H2,1-2H3. The van der Waals surface area contributed by atoms with Crippen LogP contribution in [0.15, 0.2) is 0 Å². The van der Waals surface area contributed by atoms with Gasteiger partial charge in [-0.05, 0) is 19.3 Å². The zero-order chi connectivity index (χ0) is 8.86. The highest BCUT2D eigenvalue weighted by atomic mass is 16.5. The molecule has 0 aromatic heterocycles. The van der Waals surface area contributed by atoms with Crippen LogP contribution < -0.4 is 5.32 Å². The Bertz CT molecular complexity index is 118. The van der Waals surface area contributed by atoms with E-state index in [0.29, 0.717) is 0 Å². The first kappa shape index (κ1) is 9.96. The molecule has 1 N–H and O–H groups in total. The third-order valence-corrected chi connectivity index (χ3v) is 2.63. The predicted octanol–water partition coefficient (Wildman–Crippen LogP) is 0.791. The zero-order valence-corrected chi connectivity index (χ0v) is 8.06. The third-order valence-electron chi connectivity index (χ3n) is 2.63. The van der Waals surface area contributed by atoms with E-state index in [0.717, 1.165) is 19.7 Å². The zero-order valence-electron chi connectivity index (χ0n) is 8.06. The molecule has 1 aliphatic carbocycles. The Labute approximate surface area is 74.4 Å². The summed E-state index contributed by atoms with van der Waals surface area (Å²) in [5.74, 6) is 0. The molecule has 0 unspecified atom stereocenters. The van der Waals surface area contributed by atoms with Gasteiger partial charge < -0.3 is 14.8 Å². The summed E-state index contributed by atoms with van der Waals surface area (Å²) in [7, 11) is 3.52. The van der Waals surface area contributed by atoms with Crippen molar-refractivity contribution in [2.45, 2.75) is 24.9 Å². The van der Waals surface area contributed by atoms with Gasteiger partial charge in [-0.25, -0.2) is 0 Å². The molecule has 1 saturated carbocycles. The molecule has 0 atom stereocenters. The summed E-state index contributed by atoms with van der Waals surface area (Å²) in [5.41, 5.74) is 0.147. The third kappa shape index (κ3) is 2.44. The van der Waals surface area contributed by atoms with Crippen LogP contribution in [0.1, 0.15) is 19.3 Å². The summed E-state index contributed by atoms with van der Waals surface area (Å²) in [6.07, 6.45) is 3.70. The lowest BCUT2D eigenvalue weighted by molar-refractivity contribution is -0.0697. The summed E-state index contributed by atoms with van der Waals surface area (Å²) in [6.45, 7) is 2.66. The molecule has 1 rings (SSSR count). The summed E-state index contributed by atoms with van der Waals surface area (Å²) in [5, 5.41) is 3.33. The van der Waals surface area contributed by atoms with Crippen molar-refractivity contribution in [2.24, 2.45) is 0 Å². The molecule has 1 aliphatic rings. The van der Waals surface area contributed by atoms with E-state index in [2.05, 4.69) is 5.32 Å². The van der Waals surface area contributed by atoms with Crippen molar-refractivity contribution in [1.29, 1.82) is 0 Å². The molecule has 0 spiro atoms. The van der Waals surface area contributed by atoms with E-state index < -0.39 is 0 Å². The summed E-state index contributed by atoms with van der Waals surface area (Å²) in [6, 6.07) is 0. The number of hydrogen-bond acceptors (Lipinski definition) is 3. The van der Waals surface area contributed by atoms with Crippen LogP contribution >= 0.6 is 0 Å². The smallest absolute Gasteiger partial charge is 0.0802 e. The molecule has 12 heavy (non-hydrogen) atoms. The molecular formula is C9H19NO2. The van der Waals surface area contributed by atoms with Crippen molar-refractivity contribution < 1.29 is 9.47 Å². The Hall–Kier alpha value is -0.120. The van der Waals surface area contributed by atoms with Crippen molar-refractivity contribution in [2.75, 3.05) is 33.9 Å². The highest BCUT2D eigenvalue weighted by Gasteiger charge is 2.36. The van der Waals surface area contributed by atoms with Gasteiger partial charge in [-0.15, -0.1) is 0 Å². The first-order valence-corrected chi connectivity index (χ1v) is 4.58. The minimum absolute atomic E-state index is 0.147. The van der Waals surface area contributed by atoms with Gasteiger partial charge in [0.2, 0.25) is 0 Å². The van der Waals surface area contributed by atoms with Crippen molar-refractivity contribution in [1.82, 2.24) is 5.32 Å². The van der Waals surface area contributed by atoms with Crippen LogP contribution in [-0.4, -0.2) is 39.5 Å². The number of rotatable bonds is 6. The maximum atomic E-state index is 5.45. The normalized spacial score (nSPS) is 20.5. The molecule has 0 saturated heterocycles. The molecule has 3 nitrogen and oxygen atoms in total. The molecule has 0 aromatic rings. The highest BCUT2D eigenvalue weighted by molar-refractivity contribution is 4.91. The number of ether oxygens (including phenoxy) is 2. The molecule has 0 aliphatic heterocycles. The average Bonchev–Trinajstić information content (AvgIpc) is 2.02. The summed E-state index contributed by atoms with van der Waals surface area (Å²) >= 11 is 0. The van der Waals surface area contributed by atoms with Gasteiger partial charge in [-0.1, -0.05) is 0 Å². The molecule has 0 heterocycles. The van der Waals surface area contributed by atoms with Crippen LogP contribution in [-0.2, 0) is 9.47 Å². The second-order valence-electron chi connectivity index (χ2n) is 3.41. The molecule has 1 fully saturated rings. The second-order valence-corrected chi connectivity index (χ2v) is 3.41. The van der Waals surface area contributed by atoms with Crippen LogP contribution in [0.2, 0.25) is 0 Å². The van der Waals surface area contributed by atoms with Crippen LogP contribution in [0.5, 0.6) is 0 Å². The number of nitrogens with one attached hydrogen (secondary N) is 1. The van der Waals surface area contributed by atoms with Gasteiger partial charge in [0, 0.05) is 27.3 Å². The molecule has 72 valence electrons. The largest absolute Gasteiger partial charge is 0.383 e. The summed E-state index contributed by atoms with van der Waals surface area (Å²) in [4.78, 5) is 0. The number of hydrogen-bond donors (Lipinski definition) is 1. The molecule has 0 bridgehead atoms. The van der Waals surface area contributed by atoms with Gasteiger partial charge >= 0.3 is 0 Å². The van der Waals surface area contributed by atoms with E-state index in [1.54, 1.807) is 14.2 Å². The number of methoxy groups -OCH3 is 2. The Morgan fingerprint density at radius 1 is 1.33 bits per heavy atom. The molecule has 0 radical (unpaired) electrons. The fourth-order valence-electron chi connectivity index (χ4n) is 1.51. The van der Waals surface area contributed by atoms with Gasteiger partial charge in [0.1, 0.15) is 0 Å². The summed E-state index contributed by atoms with van der Waals surface area (Å²) < 4.78 is 10.4. The SMILES string of the molecule is COCCNCC1(OC)CCC1. The van der Waals surface area contributed by atoms with E-state index in [1.165, 1.54) is 19.3 Å². The fraction of sp³-hybridized carbons (Fsp3) is 1.00. The van der Waals surface area contributed by atoms with Gasteiger partial charge in [0.15, 0.2) is 0 Å². The van der Waals surface area contributed by atoms with Crippen molar-refractivity contribution in [3.05, 3.63) is 0 Å². The Morgan fingerprint density at radius 2 is 2.08 bits per heavy atom. The highest BCUT2D eigenvalue weighted by Crippen LogP contribution is 2.34. The Morgan fingerprint density at radius 3 is 2.50 bits per heavy atom. The minimum atomic E-state index is 0.147. The Kier molecular flexibility index (Phi) is 3.98. The second kappa shape index (κ2) is 4.80. The quantitative estimate of drug-likeness (QED) is 0.602. The monoisotopic (exact) mass is 173 g/mol. The first-order chi connectivity index (χ1) is 5.83. The van der Waals surface area contributed by atoms with E-state index in [1.807, 2.05) is 0 Å². The molecule has 3 heteroatoms. The maximum absolute atomic E-state index is 5.45. The van der Waals surface area contributed by atoms with Crippen LogP contribution in [0.25, 0.3) is 0 Å². The average molecular weight is 173 g/mol. The molecular weight excluding hydrogens is 154 g/mol. The van der Waals surface area contributed by atoms with Crippen molar-refractivity contribution in [3.8, 4) is 0 Å². The topological polar surface area (TPSA) is 30.5 Å². The van der Waals surface area contributed by atoms with Gasteiger partial charge in [-0.3, -0.25) is 0 Å².